The Bertz CT molecular complexity index is 437. The lowest BCUT2D eigenvalue weighted by Gasteiger charge is -2.22. The monoisotopic (exact) mass is 348 g/mol. The van der Waals surface area contributed by atoms with Crippen LogP contribution in [0.5, 0.6) is 0 Å². The van der Waals surface area contributed by atoms with Crippen LogP contribution < -0.4 is 0 Å². The highest BCUT2D eigenvalue weighted by atomic mass is 79.9. The number of aliphatic hydroxyl groups is 1. The Balaban J connectivity index is 2.97. The van der Waals surface area contributed by atoms with Gasteiger partial charge in [-0.05, 0) is 24.1 Å². The summed E-state index contributed by atoms with van der Waals surface area (Å²) in [6, 6.07) is 5.12. The molecule has 19 heavy (non-hydrogen) atoms. The van der Waals surface area contributed by atoms with Gasteiger partial charge in [0.15, 0.2) is 0 Å². The second kappa shape index (κ2) is 7.88. The standard InChI is InChI=1S/C14H18BrClO3/c1-3-4-5-11(14(18)19-2)13(17)10-7-6-9(16)8-12(10)15/h6-8,11,13,17H,3-5H2,1-2H3. The molecular weight excluding hydrogens is 332 g/mol. The molecule has 5 heteroatoms. The quantitative estimate of drug-likeness (QED) is 0.786. The lowest BCUT2D eigenvalue weighted by Crippen LogP contribution is -2.24. The minimum atomic E-state index is -0.898. The summed E-state index contributed by atoms with van der Waals surface area (Å²) in [5.41, 5.74) is 0.649. The van der Waals surface area contributed by atoms with Gasteiger partial charge in [-0.1, -0.05) is 53.4 Å². The second-order valence-electron chi connectivity index (χ2n) is 4.38. The maximum Gasteiger partial charge on any atom is 0.311 e. The van der Waals surface area contributed by atoms with Gasteiger partial charge in [0.25, 0.3) is 0 Å². The molecule has 1 aromatic rings. The number of aliphatic hydroxyl groups excluding tert-OH is 1. The van der Waals surface area contributed by atoms with E-state index >= 15 is 0 Å². The fourth-order valence-corrected chi connectivity index (χ4v) is 2.86. The highest BCUT2D eigenvalue weighted by Gasteiger charge is 2.29. The lowest BCUT2D eigenvalue weighted by atomic mass is 9.91. The lowest BCUT2D eigenvalue weighted by molar-refractivity contribution is -0.150. The van der Waals surface area contributed by atoms with E-state index in [1.54, 1.807) is 18.2 Å². The number of unbranched alkanes of at least 4 members (excludes halogenated alkanes) is 1. The van der Waals surface area contributed by atoms with Gasteiger partial charge in [0.05, 0.1) is 19.1 Å². The number of methoxy groups -OCH3 is 1. The Morgan fingerprint density at radius 2 is 2.21 bits per heavy atom. The van der Waals surface area contributed by atoms with Gasteiger partial charge in [-0.2, -0.15) is 0 Å². The van der Waals surface area contributed by atoms with Gasteiger partial charge >= 0.3 is 5.97 Å². The molecule has 1 N–H and O–H groups in total. The molecule has 1 rings (SSSR count). The van der Waals surface area contributed by atoms with E-state index in [0.717, 1.165) is 12.8 Å². The topological polar surface area (TPSA) is 46.5 Å². The van der Waals surface area contributed by atoms with E-state index in [0.29, 0.717) is 21.5 Å². The zero-order valence-corrected chi connectivity index (χ0v) is 13.4. The van der Waals surface area contributed by atoms with Crippen LogP contribution in [-0.4, -0.2) is 18.2 Å². The minimum Gasteiger partial charge on any atom is -0.469 e. The van der Waals surface area contributed by atoms with Crippen LogP contribution in [0.2, 0.25) is 5.02 Å². The summed E-state index contributed by atoms with van der Waals surface area (Å²) in [6.07, 6.45) is 1.52. The number of carbonyl (C=O) groups excluding carboxylic acids is 1. The second-order valence-corrected chi connectivity index (χ2v) is 5.67. The number of rotatable bonds is 6. The fourth-order valence-electron chi connectivity index (χ4n) is 1.94. The first-order valence-corrected chi connectivity index (χ1v) is 7.39. The molecule has 1 aromatic carbocycles. The summed E-state index contributed by atoms with van der Waals surface area (Å²) < 4.78 is 5.47. The number of benzene rings is 1. The van der Waals surface area contributed by atoms with Crippen molar-refractivity contribution in [2.24, 2.45) is 5.92 Å². The third kappa shape index (κ3) is 4.48. The Morgan fingerprint density at radius 3 is 2.74 bits per heavy atom. The summed E-state index contributed by atoms with van der Waals surface area (Å²) in [6.45, 7) is 2.04. The maximum absolute atomic E-state index is 11.8. The molecule has 0 spiro atoms. The average molecular weight is 350 g/mol. The fraction of sp³-hybridized carbons (Fsp3) is 0.500. The molecular formula is C14H18BrClO3. The molecule has 2 unspecified atom stereocenters. The van der Waals surface area contributed by atoms with Crippen molar-refractivity contribution in [1.82, 2.24) is 0 Å². The van der Waals surface area contributed by atoms with Crippen molar-refractivity contribution in [1.29, 1.82) is 0 Å². The molecule has 0 saturated heterocycles. The largest absolute Gasteiger partial charge is 0.469 e. The van der Waals surface area contributed by atoms with E-state index in [9.17, 15) is 9.90 Å². The highest BCUT2D eigenvalue weighted by molar-refractivity contribution is 9.10. The Kier molecular flexibility index (Phi) is 6.83. The van der Waals surface area contributed by atoms with E-state index in [2.05, 4.69) is 15.9 Å². The van der Waals surface area contributed by atoms with Gasteiger partial charge in [0.2, 0.25) is 0 Å². The predicted molar refractivity (Wildman–Crippen MR) is 79.1 cm³/mol. The summed E-state index contributed by atoms with van der Waals surface area (Å²) >= 11 is 9.23. The molecule has 0 aromatic heterocycles. The number of esters is 1. The van der Waals surface area contributed by atoms with Gasteiger partial charge in [0, 0.05) is 9.50 Å². The first-order chi connectivity index (χ1) is 9.01. The number of halogens is 2. The zero-order valence-electron chi connectivity index (χ0n) is 11.0. The molecule has 2 atom stereocenters. The van der Waals surface area contributed by atoms with Crippen molar-refractivity contribution in [2.45, 2.75) is 32.3 Å². The summed E-state index contributed by atoms with van der Waals surface area (Å²) in [4.78, 5) is 11.8. The smallest absolute Gasteiger partial charge is 0.311 e. The molecule has 0 amide bonds. The molecule has 0 radical (unpaired) electrons. The molecule has 3 nitrogen and oxygen atoms in total. The van der Waals surface area contributed by atoms with Crippen LogP contribution >= 0.6 is 27.5 Å². The molecule has 0 heterocycles. The minimum absolute atomic E-state index is 0.386. The molecule has 0 saturated carbocycles. The first kappa shape index (κ1) is 16.5. The number of ether oxygens (including phenoxy) is 1. The van der Waals surface area contributed by atoms with Crippen molar-refractivity contribution in [3.05, 3.63) is 33.3 Å². The van der Waals surface area contributed by atoms with E-state index < -0.39 is 12.0 Å². The molecule has 0 aliphatic rings. The summed E-state index contributed by atoms with van der Waals surface area (Å²) in [5.74, 6) is -0.940. The molecule has 0 aliphatic heterocycles. The first-order valence-electron chi connectivity index (χ1n) is 6.22. The predicted octanol–water partition coefficient (Wildman–Crippen LogP) is 4.12. The average Bonchev–Trinajstić information content (AvgIpc) is 2.38. The van der Waals surface area contributed by atoms with Crippen LogP contribution in [0, 0.1) is 5.92 Å². The van der Waals surface area contributed by atoms with Gasteiger partial charge in [0.1, 0.15) is 0 Å². The van der Waals surface area contributed by atoms with Crippen LogP contribution in [0.1, 0.15) is 37.9 Å². The number of carbonyl (C=O) groups is 1. The Labute approximate surface area is 127 Å². The Morgan fingerprint density at radius 1 is 1.53 bits per heavy atom. The SMILES string of the molecule is CCCCC(C(=O)OC)C(O)c1ccc(Cl)cc1Br. The Hall–Kier alpha value is -0.580. The van der Waals surface area contributed by atoms with Crippen LogP contribution in [0.3, 0.4) is 0 Å². The third-order valence-electron chi connectivity index (χ3n) is 3.03. The molecule has 0 aliphatic carbocycles. The van der Waals surface area contributed by atoms with Crippen LogP contribution in [-0.2, 0) is 9.53 Å². The van der Waals surface area contributed by atoms with Crippen molar-refractivity contribution in [3.63, 3.8) is 0 Å². The van der Waals surface area contributed by atoms with Crippen molar-refractivity contribution < 1.29 is 14.6 Å². The molecule has 0 fully saturated rings. The molecule has 0 bridgehead atoms. The van der Waals surface area contributed by atoms with Crippen molar-refractivity contribution >= 4 is 33.5 Å². The van der Waals surface area contributed by atoms with Gasteiger partial charge in [-0.15, -0.1) is 0 Å². The number of hydrogen-bond donors (Lipinski definition) is 1. The van der Waals surface area contributed by atoms with Gasteiger partial charge in [-0.25, -0.2) is 0 Å². The maximum atomic E-state index is 11.8. The normalized spacial score (nSPS) is 13.9. The van der Waals surface area contributed by atoms with Crippen molar-refractivity contribution in [2.75, 3.05) is 7.11 Å². The van der Waals surface area contributed by atoms with Gasteiger partial charge < -0.3 is 9.84 Å². The van der Waals surface area contributed by atoms with E-state index in [4.69, 9.17) is 16.3 Å². The summed E-state index contributed by atoms with van der Waals surface area (Å²) in [5, 5.41) is 11.0. The van der Waals surface area contributed by atoms with Gasteiger partial charge in [-0.3, -0.25) is 4.79 Å². The summed E-state index contributed by atoms with van der Waals surface area (Å²) in [7, 11) is 1.34. The van der Waals surface area contributed by atoms with Crippen molar-refractivity contribution in [3.8, 4) is 0 Å². The highest BCUT2D eigenvalue weighted by Crippen LogP contribution is 2.33. The van der Waals surface area contributed by atoms with E-state index in [1.807, 2.05) is 6.92 Å². The number of hydrogen-bond acceptors (Lipinski definition) is 3. The van der Waals surface area contributed by atoms with E-state index in [-0.39, 0.29) is 5.97 Å². The zero-order chi connectivity index (χ0) is 14.4. The van der Waals surface area contributed by atoms with Crippen LogP contribution in [0.4, 0.5) is 0 Å². The molecule has 106 valence electrons. The van der Waals surface area contributed by atoms with Crippen LogP contribution in [0.25, 0.3) is 0 Å². The third-order valence-corrected chi connectivity index (χ3v) is 3.96. The van der Waals surface area contributed by atoms with Crippen LogP contribution in [0.15, 0.2) is 22.7 Å². The van der Waals surface area contributed by atoms with E-state index in [1.165, 1.54) is 7.11 Å².